The number of benzene rings is 1. The number of alkyl halides is 6. The fraction of sp³-hybridized carbons (Fsp3) is 0.455. The zero-order chi connectivity index (χ0) is 14.0. The first-order valence-corrected chi connectivity index (χ1v) is 5.13. The Labute approximate surface area is 99.8 Å². The van der Waals surface area contributed by atoms with Crippen molar-refractivity contribution in [1.29, 1.82) is 0 Å². The van der Waals surface area contributed by atoms with Crippen molar-refractivity contribution in [2.75, 3.05) is 11.9 Å². The summed E-state index contributed by atoms with van der Waals surface area (Å²) in [5.41, 5.74) is -0.332. The molecule has 0 amide bonds. The largest absolute Gasteiger partial charge is 0.404 e. The quantitative estimate of drug-likeness (QED) is 0.807. The molecule has 0 heterocycles. The Bertz CT molecular complexity index is 364. The Balaban J connectivity index is 3.08. The molecule has 0 unspecified atom stereocenters. The number of anilines is 1. The molecular weight excluding hydrogens is 260 g/mol. The third-order valence-corrected chi connectivity index (χ3v) is 2.28. The highest BCUT2D eigenvalue weighted by molar-refractivity contribution is 5.45. The molecule has 0 bridgehead atoms. The average molecular weight is 271 g/mol. The first-order chi connectivity index (χ1) is 8.16. The van der Waals surface area contributed by atoms with Gasteiger partial charge in [0.2, 0.25) is 0 Å². The van der Waals surface area contributed by atoms with Crippen LogP contribution in [0.5, 0.6) is 0 Å². The van der Waals surface area contributed by atoms with E-state index in [2.05, 4.69) is 5.32 Å². The van der Waals surface area contributed by atoms with Gasteiger partial charge in [-0.2, -0.15) is 26.3 Å². The lowest BCUT2D eigenvalue weighted by molar-refractivity contribution is -0.253. The molecule has 7 heteroatoms. The zero-order valence-electron chi connectivity index (χ0n) is 9.36. The van der Waals surface area contributed by atoms with Crippen LogP contribution in [0, 0.1) is 0 Å². The minimum Gasteiger partial charge on any atom is -0.385 e. The van der Waals surface area contributed by atoms with Gasteiger partial charge < -0.3 is 5.32 Å². The van der Waals surface area contributed by atoms with Gasteiger partial charge in [-0.15, -0.1) is 0 Å². The zero-order valence-corrected chi connectivity index (χ0v) is 9.36. The molecule has 1 aromatic rings. The van der Waals surface area contributed by atoms with Crippen LogP contribution >= 0.6 is 0 Å². The second-order valence-electron chi connectivity index (χ2n) is 3.67. The molecule has 0 radical (unpaired) electrons. The van der Waals surface area contributed by atoms with Crippen LogP contribution in [0.3, 0.4) is 0 Å². The molecule has 0 saturated heterocycles. The summed E-state index contributed by atoms with van der Waals surface area (Å²) in [5.74, 6) is -3.44. The van der Waals surface area contributed by atoms with Gasteiger partial charge in [0.25, 0.3) is 0 Å². The summed E-state index contributed by atoms with van der Waals surface area (Å²) in [7, 11) is 0. The van der Waals surface area contributed by atoms with Crippen molar-refractivity contribution in [3.63, 3.8) is 0 Å². The molecule has 18 heavy (non-hydrogen) atoms. The third kappa shape index (κ3) is 3.54. The van der Waals surface area contributed by atoms with E-state index in [0.717, 1.165) is 12.1 Å². The number of hydrogen-bond acceptors (Lipinski definition) is 1. The second kappa shape index (κ2) is 5.07. The monoisotopic (exact) mass is 271 g/mol. The lowest BCUT2D eigenvalue weighted by Crippen LogP contribution is -2.34. The van der Waals surface area contributed by atoms with Crippen molar-refractivity contribution in [2.24, 2.45) is 0 Å². The molecule has 1 rings (SSSR count). The van der Waals surface area contributed by atoms with Crippen molar-refractivity contribution < 1.29 is 26.3 Å². The molecule has 0 saturated carbocycles. The van der Waals surface area contributed by atoms with Crippen molar-refractivity contribution in [3.8, 4) is 0 Å². The Hall–Kier alpha value is -1.40. The fourth-order valence-corrected chi connectivity index (χ4v) is 1.56. The highest BCUT2D eigenvalue weighted by Gasteiger charge is 2.57. The van der Waals surface area contributed by atoms with E-state index < -0.39 is 23.8 Å². The number of hydrogen-bond donors (Lipinski definition) is 1. The molecule has 0 atom stereocenters. The summed E-state index contributed by atoms with van der Waals surface area (Å²) < 4.78 is 74.5. The molecule has 102 valence electrons. The van der Waals surface area contributed by atoms with Gasteiger partial charge in [0.05, 0.1) is 0 Å². The minimum absolute atomic E-state index is 0.476. The smallest absolute Gasteiger partial charge is 0.385 e. The first-order valence-electron chi connectivity index (χ1n) is 5.13. The van der Waals surface area contributed by atoms with E-state index >= 15 is 0 Å². The fourth-order valence-electron chi connectivity index (χ4n) is 1.56. The highest BCUT2D eigenvalue weighted by Crippen LogP contribution is 2.46. The molecule has 0 spiro atoms. The maximum absolute atomic E-state index is 12.4. The maximum Gasteiger partial charge on any atom is 0.404 e. The van der Waals surface area contributed by atoms with Crippen LogP contribution in [0.1, 0.15) is 18.4 Å². The molecule has 0 fully saturated rings. The standard InChI is InChI=1S/C11H11F6N/c1-2-18-8-5-3-7(4-6-8)9(10(12,13)14)11(15,16)17/h3-6,9,18H,2H2,1H3. The Morgan fingerprint density at radius 3 is 1.72 bits per heavy atom. The molecule has 0 aliphatic rings. The molecule has 1 N–H and O–H groups in total. The minimum atomic E-state index is -5.35. The van der Waals surface area contributed by atoms with Crippen LogP contribution in [0.25, 0.3) is 0 Å². The first kappa shape index (κ1) is 14.7. The van der Waals surface area contributed by atoms with E-state index in [1.807, 2.05) is 0 Å². The summed E-state index contributed by atoms with van der Waals surface area (Å²) in [6, 6.07) is 4.07. The molecule has 0 aliphatic heterocycles. The number of rotatable bonds is 3. The topological polar surface area (TPSA) is 12.0 Å². The van der Waals surface area contributed by atoms with Gasteiger partial charge in [0.15, 0.2) is 5.92 Å². The van der Waals surface area contributed by atoms with Gasteiger partial charge in [0, 0.05) is 12.2 Å². The van der Waals surface area contributed by atoms with E-state index in [0.29, 0.717) is 12.2 Å². The van der Waals surface area contributed by atoms with Gasteiger partial charge >= 0.3 is 12.4 Å². The summed E-state index contributed by atoms with van der Waals surface area (Å²) in [6.07, 6.45) is -10.7. The van der Waals surface area contributed by atoms with Gasteiger partial charge in [-0.05, 0) is 24.6 Å². The van der Waals surface area contributed by atoms with Crippen molar-refractivity contribution in [1.82, 2.24) is 0 Å². The van der Waals surface area contributed by atoms with E-state index in [1.165, 1.54) is 12.1 Å². The predicted octanol–water partition coefficient (Wildman–Crippen LogP) is 4.33. The average Bonchev–Trinajstić information content (AvgIpc) is 2.17. The van der Waals surface area contributed by atoms with E-state index in [-0.39, 0.29) is 0 Å². The molecular formula is C11H11F6N. The van der Waals surface area contributed by atoms with Gasteiger partial charge in [0.1, 0.15) is 0 Å². The molecule has 0 aliphatic carbocycles. The Morgan fingerprint density at radius 1 is 0.944 bits per heavy atom. The van der Waals surface area contributed by atoms with Crippen LogP contribution in [0.15, 0.2) is 24.3 Å². The summed E-state index contributed by atoms with van der Waals surface area (Å²) >= 11 is 0. The predicted molar refractivity (Wildman–Crippen MR) is 55.5 cm³/mol. The maximum atomic E-state index is 12.4. The third-order valence-electron chi connectivity index (χ3n) is 2.28. The summed E-state index contributed by atoms with van der Waals surface area (Å²) in [6.45, 7) is 2.30. The number of nitrogens with one attached hydrogen (secondary N) is 1. The van der Waals surface area contributed by atoms with E-state index in [1.54, 1.807) is 6.92 Å². The molecule has 1 aromatic carbocycles. The number of halogens is 6. The summed E-state index contributed by atoms with van der Waals surface area (Å²) in [4.78, 5) is 0. The second-order valence-corrected chi connectivity index (χ2v) is 3.67. The van der Waals surface area contributed by atoms with E-state index in [9.17, 15) is 26.3 Å². The summed E-state index contributed by atoms with van der Waals surface area (Å²) in [5, 5.41) is 2.79. The van der Waals surface area contributed by atoms with Crippen molar-refractivity contribution >= 4 is 5.69 Å². The highest BCUT2D eigenvalue weighted by atomic mass is 19.4. The van der Waals surface area contributed by atoms with Crippen LogP contribution in [0.4, 0.5) is 32.0 Å². The van der Waals surface area contributed by atoms with Gasteiger partial charge in [-0.25, -0.2) is 0 Å². The Kier molecular flexibility index (Phi) is 4.13. The SMILES string of the molecule is CCNc1ccc(C(C(F)(F)F)C(F)(F)F)cc1. The normalized spacial score (nSPS) is 12.9. The lowest BCUT2D eigenvalue weighted by Gasteiger charge is -2.23. The van der Waals surface area contributed by atoms with Crippen molar-refractivity contribution in [2.45, 2.75) is 25.2 Å². The lowest BCUT2D eigenvalue weighted by atomic mass is 9.97. The van der Waals surface area contributed by atoms with Gasteiger partial charge in [-0.3, -0.25) is 0 Å². The van der Waals surface area contributed by atoms with Crippen LogP contribution < -0.4 is 5.32 Å². The van der Waals surface area contributed by atoms with Crippen LogP contribution in [-0.4, -0.2) is 18.9 Å². The van der Waals surface area contributed by atoms with Crippen LogP contribution in [-0.2, 0) is 0 Å². The Morgan fingerprint density at radius 2 is 1.39 bits per heavy atom. The van der Waals surface area contributed by atoms with Crippen molar-refractivity contribution in [3.05, 3.63) is 29.8 Å². The molecule has 0 aromatic heterocycles. The van der Waals surface area contributed by atoms with Gasteiger partial charge in [-0.1, -0.05) is 12.1 Å². The molecule has 1 nitrogen and oxygen atoms in total. The van der Waals surface area contributed by atoms with Crippen LogP contribution in [0.2, 0.25) is 0 Å². The van der Waals surface area contributed by atoms with E-state index in [4.69, 9.17) is 0 Å².